The standard InChI is InChI=1S/C26H39N3O7S/c1-16(2)28(19-11-10-12-27(15-19)24(32)36-25(5,6)7)23(31)20-14-21(29(33)34)22(13-17(20)3)37-26(8,9)35-18(4)30/h13-14,16,19H,10-12,15H2,1-9H3/t19-/m1/s1. The second-order valence-electron chi connectivity index (χ2n) is 11.0. The Kier molecular flexibility index (Phi) is 9.62. The SMILES string of the molecule is CC(=O)OC(C)(C)Sc1cc(C)c(C(=O)N(C(C)C)[C@@H]2CCCN(C(=O)OC(C)(C)C)C2)cc1[N+](=O)[O-]. The lowest BCUT2D eigenvalue weighted by Crippen LogP contribution is -2.54. The number of benzene rings is 1. The predicted molar refractivity (Wildman–Crippen MR) is 142 cm³/mol. The molecule has 2 amide bonds. The molecule has 11 heteroatoms. The van der Waals surface area contributed by atoms with Crippen molar-refractivity contribution in [3.63, 3.8) is 0 Å². The van der Waals surface area contributed by atoms with E-state index in [4.69, 9.17) is 9.47 Å². The molecule has 206 valence electrons. The van der Waals surface area contributed by atoms with Gasteiger partial charge in [-0.05, 0) is 79.9 Å². The molecule has 0 aromatic heterocycles. The van der Waals surface area contributed by atoms with Gasteiger partial charge in [0.2, 0.25) is 0 Å². The molecule has 1 fully saturated rings. The number of likely N-dealkylation sites (tertiary alicyclic amines) is 1. The number of carbonyl (C=O) groups excluding carboxylic acids is 3. The highest BCUT2D eigenvalue weighted by Gasteiger charge is 2.36. The molecule has 1 aromatic carbocycles. The summed E-state index contributed by atoms with van der Waals surface area (Å²) in [6.45, 7) is 16.4. The molecule has 37 heavy (non-hydrogen) atoms. The number of ether oxygens (including phenoxy) is 2. The first-order valence-electron chi connectivity index (χ1n) is 12.4. The Bertz CT molecular complexity index is 1050. The highest BCUT2D eigenvalue weighted by atomic mass is 32.2. The predicted octanol–water partition coefficient (Wildman–Crippen LogP) is 5.54. The van der Waals surface area contributed by atoms with Gasteiger partial charge in [0.05, 0.1) is 15.9 Å². The number of nitro benzene ring substituents is 1. The normalized spacial score (nSPS) is 16.4. The molecule has 0 bridgehead atoms. The third kappa shape index (κ3) is 8.34. The van der Waals surface area contributed by atoms with Crippen molar-refractivity contribution in [1.29, 1.82) is 0 Å². The van der Waals surface area contributed by atoms with Gasteiger partial charge in [-0.15, -0.1) is 0 Å². The van der Waals surface area contributed by atoms with Crippen LogP contribution >= 0.6 is 11.8 Å². The summed E-state index contributed by atoms with van der Waals surface area (Å²) in [6.07, 6.45) is 0.992. The Morgan fingerprint density at radius 1 is 1.16 bits per heavy atom. The van der Waals surface area contributed by atoms with Crippen LogP contribution in [0.4, 0.5) is 10.5 Å². The Hall–Kier alpha value is -2.82. The first-order chi connectivity index (χ1) is 16.9. The van der Waals surface area contributed by atoms with E-state index in [9.17, 15) is 24.5 Å². The highest BCUT2D eigenvalue weighted by Crippen LogP contribution is 2.40. The number of piperidine rings is 1. The van der Waals surface area contributed by atoms with Crippen LogP contribution in [-0.4, -0.2) is 68.4 Å². The van der Waals surface area contributed by atoms with Crippen molar-refractivity contribution in [1.82, 2.24) is 9.80 Å². The van der Waals surface area contributed by atoms with Crippen LogP contribution in [0.15, 0.2) is 17.0 Å². The van der Waals surface area contributed by atoms with Gasteiger partial charge in [-0.3, -0.25) is 19.7 Å². The van der Waals surface area contributed by atoms with Gasteiger partial charge in [0.25, 0.3) is 11.6 Å². The fraction of sp³-hybridized carbons (Fsp3) is 0.654. The molecule has 1 aliphatic heterocycles. The Balaban J connectivity index is 2.39. The van der Waals surface area contributed by atoms with E-state index >= 15 is 0 Å². The zero-order valence-corrected chi connectivity index (χ0v) is 24.1. The van der Waals surface area contributed by atoms with Gasteiger partial charge in [0.15, 0.2) is 4.93 Å². The summed E-state index contributed by atoms with van der Waals surface area (Å²) >= 11 is 1.05. The number of nitrogens with zero attached hydrogens (tertiary/aromatic N) is 3. The van der Waals surface area contributed by atoms with Crippen molar-refractivity contribution in [2.24, 2.45) is 0 Å². The average molecular weight is 538 g/mol. The van der Waals surface area contributed by atoms with Crippen LogP contribution in [0.25, 0.3) is 0 Å². The molecule has 0 radical (unpaired) electrons. The zero-order valence-electron chi connectivity index (χ0n) is 23.2. The van der Waals surface area contributed by atoms with Crippen LogP contribution in [0.5, 0.6) is 0 Å². The molecule has 0 saturated carbocycles. The summed E-state index contributed by atoms with van der Waals surface area (Å²) in [7, 11) is 0. The summed E-state index contributed by atoms with van der Waals surface area (Å²) in [5.41, 5.74) is -0.0641. The number of hydrogen-bond donors (Lipinski definition) is 0. The van der Waals surface area contributed by atoms with E-state index in [0.717, 1.165) is 11.8 Å². The first kappa shape index (κ1) is 30.4. The van der Waals surface area contributed by atoms with Crippen LogP contribution in [0.1, 0.15) is 84.2 Å². The van der Waals surface area contributed by atoms with Crippen molar-refractivity contribution in [2.45, 2.75) is 103 Å². The smallest absolute Gasteiger partial charge is 0.410 e. The fourth-order valence-corrected chi connectivity index (χ4v) is 5.55. The van der Waals surface area contributed by atoms with E-state index in [0.29, 0.717) is 36.4 Å². The third-order valence-corrected chi connectivity index (χ3v) is 6.83. The minimum Gasteiger partial charge on any atom is -0.448 e. The summed E-state index contributed by atoms with van der Waals surface area (Å²) in [5, 5.41) is 12.0. The van der Waals surface area contributed by atoms with Gasteiger partial charge in [-0.2, -0.15) is 0 Å². The Morgan fingerprint density at radius 2 is 1.78 bits per heavy atom. The van der Waals surface area contributed by atoms with E-state index < -0.39 is 27.5 Å². The van der Waals surface area contributed by atoms with Gasteiger partial charge < -0.3 is 19.3 Å². The van der Waals surface area contributed by atoms with Crippen LogP contribution in [0, 0.1) is 17.0 Å². The van der Waals surface area contributed by atoms with Crippen LogP contribution in [-0.2, 0) is 14.3 Å². The fourth-order valence-electron chi connectivity index (χ4n) is 4.39. The molecular weight excluding hydrogens is 498 g/mol. The van der Waals surface area contributed by atoms with Crippen molar-refractivity contribution in [3.05, 3.63) is 33.4 Å². The molecule has 0 spiro atoms. The van der Waals surface area contributed by atoms with Crippen molar-refractivity contribution in [3.8, 4) is 0 Å². The number of carbonyl (C=O) groups is 3. The van der Waals surface area contributed by atoms with E-state index in [1.54, 1.807) is 57.4 Å². The maximum absolute atomic E-state index is 13.8. The molecule has 0 aliphatic carbocycles. The largest absolute Gasteiger partial charge is 0.448 e. The lowest BCUT2D eigenvalue weighted by molar-refractivity contribution is -0.387. The lowest BCUT2D eigenvalue weighted by atomic mass is 9.99. The number of esters is 1. The van der Waals surface area contributed by atoms with Crippen molar-refractivity contribution < 1.29 is 28.8 Å². The number of nitro groups is 1. The van der Waals surface area contributed by atoms with Crippen LogP contribution in [0.3, 0.4) is 0 Å². The Labute approximate surface area is 223 Å². The third-order valence-electron chi connectivity index (χ3n) is 5.71. The van der Waals surface area contributed by atoms with E-state index in [-0.39, 0.29) is 29.2 Å². The van der Waals surface area contributed by atoms with Gasteiger partial charge in [0.1, 0.15) is 5.60 Å². The van der Waals surface area contributed by atoms with Gasteiger partial charge >= 0.3 is 12.1 Å². The maximum Gasteiger partial charge on any atom is 0.410 e. The average Bonchev–Trinajstić information content (AvgIpc) is 2.71. The molecule has 1 aromatic rings. The minimum atomic E-state index is -1.04. The van der Waals surface area contributed by atoms with Crippen LogP contribution < -0.4 is 0 Å². The number of aryl methyl sites for hydroxylation is 1. The molecule has 0 N–H and O–H groups in total. The van der Waals surface area contributed by atoms with Crippen LogP contribution in [0.2, 0.25) is 0 Å². The molecule has 1 saturated heterocycles. The van der Waals surface area contributed by atoms with Gasteiger partial charge in [-0.1, -0.05) is 11.8 Å². The summed E-state index contributed by atoms with van der Waals surface area (Å²) < 4.78 is 10.8. The number of amides is 2. The van der Waals surface area contributed by atoms with Crippen molar-refractivity contribution in [2.75, 3.05) is 13.1 Å². The summed E-state index contributed by atoms with van der Waals surface area (Å²) in [4.78, 5) is 52.0. The minimum absolute atomic E-state index is 0.202. The van der Waals surface area contributed by atoms with E-state index in [1.165, 1.54) is 13.0 Å². The second kappa shape index (κ2) is 11.7. The molecule has 10 nitrogen and oxygen atoms in total. The molecular formula is C26H39N3O7S. The van der Waals surface area contributed by atoms with Gasteiger partial charge in [0, 0.05) is 37.7 Å². The topological polar surface area (TPSA) is 119 Å². The molecule has 0 unspecified atom stereocenters. The van der Waals surface area contributed by atoms with Gasteiger partial charge in [-0.25, -0.2) is 4.79 Å². The highest BCUT2D eigenvalue weighted by molar-refractivity contribution is 8.00. The number of rotatable bonds is 7. The number of hydrogen-bond acceptors (Lipinski definition) is 8. The number of thioether (sulfide) groups is 1. The van der Waals surface area contributed by atoms with E-state index in [1.807, 2.05) is 13.8 Å². The second-order valence-corrected chi connectivity index (χ2v) is 12.6. The maximum atomic E-state index is 13.8. The summed E-state index contributed by atoms with van der Waals surface area (Å²) in [6, 6.07) is 2.43. The molecule has 2 rings (SSSR count). The molecule has 1 atom stereocenters. The molecule has 1 aliphatic rings. The lowest BCUT2D eigenvalue weighted by Gasteiger charge is -2.41. The Morgan fingerprint density at radius 3 is 2.30 bits per heavy atom. The first-order valence-corrected chi connectivity index (χ1v) is 13.2. The van der Waals surface area contributed by atoms with E-state index in [2.05, 4.69) is 0 Å². The monoisotopic (exact) mass is 537 g/mol. The van der Waals surface area contributed by atoms with Crippen molar-refractivity contribution >= 4 is 35.4 Å². The zero-order chi connectivity index (χ0) is 28.3. The quantitative estimate of drug-likeness (QED) is 0.146. The summed E-state index contributed by atoms with van der Waals surface area (Å²) in [5.74, 6) is -0.827. The molecule has 1 heterocycles.